The second-order valence-electron chi connectivity index (χ2n) is 5.10. The fraction of sp³-hybridized carbons (Fsp3) is 0.0500. The number of ether oxygens (including phenoxy) is 1. The van der Waals surface area contributed by atoms with Gasteiger partial charge in [-0.3, -0.25) is 0 Å². The van der Waals surface area contributed by atoms with Gasteiger partial charge in [-0.1, -0.05) is 55.1 Å². The Morgan fingerprint density at radius 2 is 1.78 bits per heavy atom. The number of hydrogen-bond acceptors (Lipinski definition) is 2. The predicted molar refractivity (Wildman–Crippen MR) is 90.5 cm³/mol. The fourth-order valence-corrected chi connectivity index (χ4v) is 2.24. The Bertz CT molecular complexity index is 798. The van der Waals surface area contributed by atoms with Crippen LogP contribution >= 0.6 is 0 Å². The molecule has 1 aromatic heterocycles. The van der Waals surface area contributed by atoms with E-state index in [9.17, 15) is 4.39 Å². The van der Waals surface area contributed by atoms with Crippen LogP contribution in [0.2, 0.25) is 0 Å². The molecule has 0 fully saturated rings. The average molecular weight is 305 g/mol. The Kier molecular flexibility index (Phi) is 4.48. The molecule has 3 aromatic rings. The topological polar surface area (TPSA) is 22.1 Å². The first-order valence-electron chi connectivity index (χ1n) is 7.31. The Morgan fingerprint density at radius 1 is 1.00 bits per heavy atom. The minimum absolute atomic E-state index is 0.290. The molecule has 0 aliphatic rings. The molecule has 0 aliphatic heterocycles. The first-order valence-corrected chi connectivity index (χ1v) is 7.31. The van der Waals surface area contributed by atoms with Gasteiger partial charge in [0, 0.05) is 23.4 Å². The number of hydrogen-bond donors (Lipinski definition) is 0. The first kappa shape index (κ1) is 15.0. The van der Waals surface area contributed by atoms with Crippen LogP contribution in [-0.2, 0) is 6.61 Å². The van der Waals surface area contributed by atoms with Gasteiger partial charge in [-0.05, 0) is 23.3 Å². The van der Waals surface area contributed by atoms with Crippen molar-refractivity contribution in [3.63, 3.8) is 0 Å². The highest BCUT2D eigenvalue weighted by Gasteiger charge is 2.04. The van der Waals surface area contributed by atoms with Gasteiger partial charge in [0.25, 0.3) is 0 Å². The number of benzene rings is 2. The monoisotopic (exact) mass is 305 g/mol. The van der Waals surface area contributed by atoms with E-state index < -0.39 is 0 Å². The normalized spacial score (nSPS) is 10.3. The van der Waals surface area contributed by atoms with Gasteiger partial charge in [-0.15, -0.1) is 0 Å². The van der Waals surface area contributed by atoms with Crippen LogP contribution in [0.25, 0.3) is 17.2 Å². The molecule has 0 saturated heterocycles. The van der Waals surface area contributed by atoms with E-state index in [1.165, 1.54) is 12.1 Å². The van der Waals surface area contributed by atoms with Crippen molar-refractivity contribution in [1.82, 2.24) is 4.98 Å². The van der Waals surface area contributed by atoms with Crippen LogP contribution in [0.3, 0.4) is 0 Å². The van der Waals surface area contributed by atoms with Gasteiger partial charge in [-0.2, -0.15) is 0 Å². The molecule has 0 spiro atoms. The van der Waals surface area contributed by atoms with Crippen LogP contribution < -0.4 is 4.74 Å². The van der Waals surface area contributed by atoms with Gasteiger partial charge in [0.2, 0.25) is 5.88 Å². The van der Waals surface area contributed by atoms with Crippen LogP contribution in [0, 0.1) is 5.82 Å². The van der Waals surface area contributed by atoms with Crippen molar-refractivity contribution in [3.05, 3.63) is 90.4 Å². The molecular weight excluding hydrogens is 289 g/mol. The quantitative estimate of drug-likeness (QED) is 0.653. The lowest BCUT2D eigenvalue weighted by Crippen LogP contribution is -1.96. The molecule has 0 aliphatic carbocycles. The van der Waals surface area contributed by atoms with Crippen molar-refractivity contribution in [2.75, 3.05) is 0 Å². The van der Waals surface area contributed by atoms with E-state index in [1.807, 2.05) is 42.5 Å². The third-order valence-corrected chi connectivity index (χ3v) is 3.52. The molecule has 0 atom stereocenters. The maximum atomic E-state index is 13.8. The Labute approximate surface area is 134 Å². The van der Waals surface area contributed by atoms with Crippen molar-refractivity contribution in [3.8, 4) is 17.0 Å². The second-order valence-corrected chi connectivity index (χ2v) is 5.10. The SMILES string of the molecule is C=Cc1ccc(-c2ccc(OCc3ccccc3)nc2)cc1F. The van der Waals surface area contributed by atoms with Gasteiger partial charge in [0.15, 0.2) is 0 Å². The van der Waals surface area contributed by atoms with E-state index in [0.717, 1.165) is 16.7 Å². The molecule has 3 rings (SSSR count). The molecule has 2 aromatic carbocycles. The molecule has 0 radical (unpaired) electrons. The van der Waals surface area contributed by atoms with Gasteiger partial charge in [-0.25, -0.2) is 9.37 Å². The van der Waals surface area contributed by atoms with E-state index in [0.29, 0.717) is 18.1 Å². The minimum atomic E-state index is -0.290. The molecule has 0 amide bonds. The van der Waals surface area contributed by atoms with Crippen LogP contribution in [0.4, 0.5) is 4.39 Å². The van der Waals surface area contributed by atoms with Crippen LogP contribution in [0.1, 0.15) is 11.1 Å². The summed E-state index contributed by atoms with van der Waals surface area (Å²) in [4.78, 5) is 4.28. The summed E-state index contributed by atoms with van der Waals surface area (Å²) in [5.74, 6) is 0.252. The molecule has 114 valence electrons. The molecule has 0 N–H and O–H groups in total. The summed E-state index contributed by atoms with van der Waals surface area (Å²) < 4.78 is 19.5. The van der Waals surface area contributed by atoms with Gasteiger partial charge in [0.05, 0.1) is 0 Å². The smallest absolute Gasteiger partial charge is 0.213 e. The van der Waals surface area contributed by atoms with Crippen molar-refractivity contribution in [2.24, 2.45) is 0 Å². The lowest BCUT2D eigenvalue weighted by atomic mass is 10.1. The highest BCUT2D eigenvalue weighted by atomic mass is 19.1. The van der Waals surface area contributed by atoms with Crippen LogP contribution in [0.15, 0.2) is 73.4 Å². The summed E-state index contributed by atoms with van der Waals surface area (Å²) >= 11 is 0. The van der Waals surface area contributed by atoms with Gasteiger partial charge in [0.1, 0.15) is 12.4 Å². The van der Waals surface area contributed by atoms with Crippen molar-refractivity contribution in [2.45, 2.75) is 6.61 Å². The van der Waals surface area contributed by atoms with Gasteiger partial charge < -0.3 is 4.74 Å². The summed E-state index contributed by atoms with van der Waals surface area (Å²) in [7, 11) is 0. The van der Waals surface area contributed by atoms with Crippen molar-refractivity contribution >= 4 is 6.08 Å². The summed E-state index contributed by atoms with van der Waals surface area (Å²) in [6, 6.07) is 18.6. The fourth-order valence-electron chi connectivity index (χ4n) is 2.24. The Balaban J connectivity index is 1.72. The zero-order valence-corrected chi connectivity index (χ0v) is 12.6. The summed E-state index contributed by atoms with van der Waals surface area (Å²) in [5, 5.41) is 0. The van der Waals surface area contributed by atoms with E-state index >= 15 is 0 Å². The lowest BCUT2D eigenvalue weighted by molar-refractivity contribution is 0.294. The molecule has 0 unspecified atom stereocenters. The number of rotatable bonds is 5. The van der Waals surface area contributed by atoms with Crippen LogP contribution in [-0.4, -0.2) is 4.98 Å². The third kappa shape index (κ3) is 3.64. The van der Waals surface area contributed by atoms with Crippen LogP contribution in [0.5, 0.6) is 5.88 Å². The maximum absolute atomic E-state index is 13.8. The molecule has 3 heteroatoms. The summed E-state index contributed by atoms with van der Waals surface area (Å²) in [5.41, 5.74) is 3.19. The second kappa shape index (κ2) is 6.88. The predicted octanol–water partition coefficient (Wildman–Crippen LogP) is 5.11. The molecule has 2 nitrogen and oxygen atoms in total. The number of nitrogens with zero attached hydrogens (tertiary/aromatic N) is 1. The highest BCUT2D eigenvalue weighted by molar-refractivity contribution is 5.65. The molecule has 23 heavy (non-hydrogen) atoms. The molecular formula is C20H16FNO. The van der Waals surface area contributed by atoms with Gasteiger partial charge >= 0.3 is 0 Å². The number of aromatic nitrogens is 1. The largest absolute Gasteiger partial charge is 0.473 e. The van der Waals surface area contributed by atoms with E-state index in [1.54, 1.807) is 18.3 Å². The Morgan fingerprint density at radius 3 is 2.43 bits per heavy atom. The minimum Gasteiger partial charge on any atom is -0.473 e. The zero-order chi connectivity index (χ0) is 16.1. The number of halogens is 1. The zero-order valence-electron chi connectivity index (χ0n) is 12.6. The number of pyridine rings is 1. The average Bonchev–Trinajstić information content (AvgIpc) is 2.61. The molecule has 0 bridgehead atoms. The van der Waals surface area contributed by atoms with E-state index in [4.69, 9.17) is 4.74 Å². The van der Waals surface area contributed by atoms with E-state index in [-0.39, 0.29) is 5.82 Å². The molecule has 0 saturated carbocycles. The standard InChI is InChI=1S/C20H16FNO/c1-2-16-8-9-17(12-19(16)21)18-10-11-20(22-13-18)23-14-15-6-4-3-5-7-15/h2-13H,1,14H2. The maximum Gasteiger partial charge on any atom is 0.213 e. The summed E-state index contributed by atoms with van der Waals surface area (Å²) in [6.07, 6.45) is 3.18. The first-order chi connectivity index (χ1) is 11.3. The van der Waals surface area contributed by atoms with Crippen molar-refractivity contribution < 1.29 is 9.13 Å². The Hall–Kier alpha value is -2.94. The highest BCUT2D eigenvalue weighted by Crippen LogP contribution is 2.23. The van der Waals surface area contributed by atoms with Crippen molar-refractivity contribution in [1.29, 1.82) is 0 Å². The van der Waals surface area contributed by atoms with E-state index in [2.05, 4.69) is 11.6 Å². The third-order valence-electron chi connectivity index (χ3n) is 3.52. The molecule has 1 heterocycles. The summed E-state index contributed by atoms with van der Waals surface area (Å²) in [6.45, 7) is 4.05. The lowest BCUT2D eigenvalue weighted by Gasteiger charge is -2.07.